The summed E-state index contributed by atoms with van der Waals surface area (Å²) in [6, 6.07) is 8.45. The van der Waals surface area contributed by atoms with Crippen molar-refractivity contribution in [3.8, 4) is 5.75 Å². The average molecular weight is 356 g/mol. The minimum Gasteiger partial charge on any atom is -0.486 e. The van der Waals surface area contributed by atoms with Gasteiger partial charge in [0.05, 0.1) is 6.04 Å². The summed E-state index contributed by atoms with van der Waals surface area (Å²) < 4.78 is 7.32. The predicted octanol–water partition coefficient (Wildman–Crippen LogP) is 4.32. The van der Waals surface area contributed by atoms with Crippen LogP contribution in [0.3, 0.4) is 0 Å². The first-order valence-corrected chi connectivity index (χ1v) is 8.79. The maximum Gasteiger partial charge on any atom is 0.133 e. The molecule has 5 heteroatoms. The summed E-state index contributed by atoms with van der Waals surface area (Å²) in [7, 11) is 1.99. The monoisotopic (exact) mass is 355 g/mol. The molecule has 2 unspecified atom stereocenters. The fraction of sp³-hybridized carbons (Fsp3) is 0.286. The number of thiophene rings is 1. The van der Waals surface area contributed by atoms with Gasteiger partial charge in [-0.25, -0.2) is 0 Å². The number of nitrogens with one attached hydrogen (secondary N) is 1. The number of fused-ring (bicyclic) bond motifs is 1. The summed E-state index contributed by atoms with van der Waals surface area (Å²) in [5.74, 6) is 1.96. The summed E-state index contributed by atoms with van der Waals surface area (Å²) in [4.78, 5) is 1.23. The van der Waals surface area contributed by atoms with E-state index in [9.17, 15) is 0 Å². The van der Waals surface area contributed by atoms with Gasteiger partial charge < -0.3 is 10.1 Å². The Bertz CT molecular complexity index is 572. The molecule has 100 valence electrons. The van der Waals surface area contributed by atoms with Gasteiger partial charge in [0, 0.05) is 20.5 Å². The minimum absolute atomic E-state index is 0.149. The summed E-state index contributed by atoms with van der Waals surface area (Å²) in [5, 5.41) is 7.68. The van der Waals surface area contributed by atoms with Crippen molar-refractivity contribution in [3.63, 3.8) is 0 Å². The summed E-state index contributed by atoms with van der Waals surface area (Å²) in [6.07, 6.45) is 0.149. The van der Waals surface area contributed by atoms with E-state index >= 15 is 0 Å². The molecule has 19 heavy (non-hydrogen) atoms. The third-order valence-corrected chi connectivity index (χ3v) is 6.09. The molecule has 2 aromatic rings. The fourth-order valence-corrected chi connectivity index (χ4v) is 4.87. The Morgan fingerprint density at radius 2 is 2.21 bits per heavy atom. The Labute approximate surface area is 129 Å². The Morgan fingerprint density at radius 1 is 1.37 bits per heavy atom. The minimum atomic E-state index is 0.149. The van der Waals surface area contributed by atoms with Gasteiger partial charge >= 0.3 is 0 Å². The molecule has 1 aliphatic rings. The van der Waals surface area contributed by atoms with Crippen LogP contribution in [-0.4, -0.2) is 18.9 Å². The number of para-hydroxylation sites is 1. The fourth-order valence-electron chi connectivity index (χ4n) is 2.25. The topological polar surface area (TPSA) is 21.3 Å². The van der Waals surface area contributed by atoms with Crippen LogP contribution in [0.1, 0.15) is 11.6 Å². The molecule has 0 aliphatic carbocycles. The van der Waals surface area contributed by atoms with Crippen molar-refractivity contribution < 1.29 is 4.74 Å². The largest absolute Gasteiger partial charge is 0.486 e. The van der Waals surface area contributed by atoms with Gasteiger partial charge in [-0.15, -0.1) is 11.8 Å². The van der Waals surface area contributed by atoms with Gasteiger partial charge in [-0.05, 0) is 46.1 Å². The van der Waals surface area contributed by atoms with E-state index < -0.39 is 0 Å². The number of hydrogen-bond acceptors (Lipinski definition) is 4. The number of thioether (sulfide) groups is 1. The van der Waals surface area contributed by atoms with Crippen LogP contribution in [0.15, 0.2) is 44.4 Å². The second kappa shape index (κ2) is 5.87. The first kappa shape index (κ1) is 13.5. The van der Waals surface area contributed by atoms with Crippen molar-refractivity contribution >= 4 is 39.0 Å². The van der Waals surface area contributed by atoms with Crippen molar-refractivity contribution in [2.24, 2.45) is 0 Å². The van der Waals surface area contributed by atoms with E-state index in [1.165, 1.54) is 10.5 Å². The molecule has 0 saturated heterocycles. The molecule has 2 nitrogen and oxygen atoms in total. The highest BCUT2D eigenvalue weighted by atomic mass is 79.9. The molecule has 2 heterocycles. The van der Waals surface area contributed by atoms with E-state index in [0.29, 0.717) is 0 Å². The van der Waals surface area contributed by atoms with Gasteiger partial charge in [-0.1, -0.05) is 12.1 Å². The first-order chi connectivity index (χ1) is 9.29. The molecule has 1 N–H and O–H groups in total. The SMILES string of the molecule is CNC(c1cscc1Br)C1CSc2ccccc2O1. The zero-order valence-corrected chi connectivity index (χ0v) is 13.6. The van der Waals surface area contributed by atoms with Crippen LogP contribution in [0, 0.1) is 0 Å². The molecule has 2 atom stereocenters. The molecular formula is C14H14BrNOS2. The number of halogens is 1. The number of likely N-dealkylation sites (N-methyl/N-ethyl adjacent to an activating group) is 1. The quantitative estimate of drug-likeness (QED) is 0.885. The highest BCUT2D eigenvalue weighted by molar-refractivity contribution is 9.10. The van der Waals surface area contributed by atoms with Gasteiger partial charge in [-0.2, -0.15) is 11.3 Å². The molecule has 0 fully saturated rings. The zero-order chi connectivity index (χ0) is 13.2. The zero-order valence-electron chi connectivity index (χ0n) is 10.4. The van der Waals surface area contributed by atoms with Crippen LogP contribution in [0.25, 0.3) is 0 Å². The van der Waals surface area contributed by atoms with Gasteiger partial charge in [0.15, 0.2) is 0 Å². The summed E-state index contributed by atoms with van der Waals surface area (Å²) >= 11 is 7.19. The normalized spacial score (nSPS) is 19.6. The lowest BCUT2D eigenvalue weighted by Gasteiger charge is -2.31. The van der Waals surface area contributed by atoms with E-state index in [-0.39, 0.29) is 12.1 Å². The summed E-state index contributed by atoms with van der Waals surface area (Å²) in [5.41, 5.74) is 1.28. The third-order valence-electron chi connectivity index (χ3n) is 3.19. The standard InChI is InChI=1S/C14H14BrNOS2/c1-16-14(9-6-18-7-10(9)15)12-8-19-13-5-3-2-4-11(13)17-12/h2-7,12,14,16H,8H2,1H3. The smallest absolute Gasteiger partial charge is 0.133 e. The molecule has 3 rings (SSSR count). The molecule has 0 spiro atoms. The van der Waals surface area contributed by atoms with E-state index in [2.05, 4.69) is 44.1 Å². The van der Waals surface area contributed by atoms with Crippen molar-refractivity contribution in [2.45, 2.75) is 17.0 Å². The molecular weight excluding hydrogens is 342 g/mol. The lowest BCUT2D eigenvalue weighted by Crippen LogP contribution is -2.37. The maximum atomic E-state index is 6.16. The lowest BCUT2D eigenvalue weighted by atomic mass is 10.1. The maximum absolute atomic E-state index is 6.16. The molecule has 0 radical (unpaired) electrons. The molecule has 1 aromatic carbocycles. The number of benzene rings is 1. The predicted molar refractivity (Wildman–Crippen MR) is 85.4 cm³/mol. The Kier molecular flexibility index (Phi) is 4.17. The van der Waals surface area contributed by atoms with E-state index in [4.69, 9.17) is 4.74 Å². The van der Waals surface area contributed by atoms with E-state index in [1.807, 2.05) is 30.9 Å². The Hall–Kier alpha value is -0.490. The van der Waals surface area contributed by atoms with Gasteiger partial charge in [-0.3, -0.25) is 0 Å². The average Bonchev–Trinajstić information content (AvgIpc) is 2.86. The van der Waals surface area contributed by atoms with Crippen LogP contribution in [0.2, 0.25) is 0 Å². The Balaban J connectivity index is 1.85. The molecule has 1 aromatic heterocycles. The van der Waals surface area contributed by atoms with Crippen LogP contribution < -0.4 is 10.1 Å². The first-order valence-electron chi connectivity index (χ1n) is 6.07. The lowest BCUT2D eigenvalue weighted by molar-refractivity contribution is 0.171. The molecule has 0 amide bonds. The molecule has 0 bridgehead atoms. The van der Waals surface area contributed by atoms with Gasteiger partial charge in [0.1, 0.15) is 11.9 Å². The summed E-state index contributed by atoms with van der Waals surface area (Å²) in [6.45, 7) is 0. The highest BCUT2D eigenvalue weighted by Crippen LogP contribution is 2.39. The van der Waals surface area contributed by atoms with Crippen molar-refractivity contribution in [3.05, 3.63) is 45.1 Å². The van der Waals surface area contributed by atoms with Gasteiger partial charge in [0.25, 0.3) is 0 Å². The number of rotatable bonds is 3. The molecule has 1 aliphatic heterocycles. The second-order valence-electron chi connectivity index (χ2n) is 4.36. The van der Waals surface area contributed by atoms with Crippen LogP contribution in [0.4, 0.5) is 0 Å². The van der Waals surface area contributed by atoms with E-state index in [0.717, 1.165) is 16.0 Å². The van der Waals surface area contributed by atoms with Gasteiger partial charge in [0.2, 0.25) is 0 Å². The highest BCUT2D eigenvalue weighted by Gasteiger charge is 2.29. The van der Waals surface area contributed by atoms with Crippen LogP contribution in [0.5, 0.6) is 5.75 Å². The van der Waals surface area contributed by atoms with Crippen LogP contribution in [-0.2, 0) is 0 Å². The van der Waals surface area contributed by atoms with Crippen LogP contribution >= 0.6 is 39.0 Å². The van der Waals surface area contributed by atoms with Crippen molar-refractivity contribution in [1.29, 1.82) is 0 Å². The van der Waals surface area contributed by atoms with Crippen molar-refractivity contribution in [2.75, 3.05) is 12.8 Å². The molecule has 0 saturated carbocycles. The number of hydrogen-bond donors (Lipinski definition) is 1. The van der Waals surface area contributed by atoms with E-state index in [1.54, 1.807) is 11.3 Å². The third kappa shape index (κ3) is 2.70. The second-order valence-corrected chi connectivity index (χ2v) is 7.02. The van der Waals surface area contributed by atoms with Crippen molar-refractivity contribution in [1.82, 2.24) is 5.32 Å². The number of ether oxygens (including phenoxy) is 1. The Morgan fingerprint density at radius 3 is 2.95 bits per heavy atom.